The monoisotopic (exact) mass is 233 g/mol. The van der Waals surface area contributed by atoms with Crippen LogP contribution in [0.3, 0.4) is 0 Å². The van der Waals surface area contributed by atoms with E-state index in [1.807, 2.05) is 12.1 Å². The Morgan fingerprint density at radius 1 is 1.35 bits per heavy atom. The molecule has 1 aromatic carbocycles. The molecular formula is C11H11N3O3. The fraction of sp³-hybridized carbons (Fsp3) is 0.182. The molecule has 0 bridgehead atoms. The van der Waals surface area contributed by atoms with Gasteiger partial charge >= 0.3 is 5.97 Å². The lowest BCUT2D eigenvalue weighted by molar-refractivity contribution is 0.0595. The lowest BCUT2D eigenvalue weighted by Crippen LogP contribution is -2.03. The highest BCUT2D eigenvalue weighted by atomic mass is 16.5. The number of carbonyl (C=O) groups excluding carboxylic acids is 1. The number of benzene rings is 1. The number of H-pyrrole nitrogens is 1. The average Bonchev–Trinajstić information content (AvgIpc) is 2.87. The van der Waals surface area contributed by atoms with Crippen LogP contribution in [0.25, 0.3) is 11.3 Å². The van der Waals surface area contributed by atoms with Gasteiger partial charge in [-0.2, -0.15) is 0 Å². The Morgan fingerprint density at radius 2 is 2.18 bits per heavy atom. The second kappa shape index (κ2) is 4.65. The van der Waals surface area contributed by atoms with E-state index in [0.29, 0.717) is 11.4 Å². The number of hydrogen-bond acceptors (Lipinski definition) is 5. The lowest BCUT2D eigenvalue weighted by Gasteiger charge is -2.03. The highest BCUT2D eigenvalue weighted by Gasteiger charge is 2.17. The van der Waals surface area contributed by atoms with Crippen molar-refractivity contribution in [2.45, 2.75) is 0 Å². The molecule has 0 aliphatic carbocycles. The van der Waals surface area contributed by atoms with Gasteiger partial charge in [-0.15, -0.1) is 5.10 Å². The second-order valence-electron chi connectivity index (χ2n) is 3.26. The van der Waals surface area contributed by atoms with Crippen LogP contribution in [0.2, 0.25) is 0 Å². The molecule has 0 aliphatic heterocycles. The zero-order valence-electron chi connectivity index (χ0n) is 9.43. The molecule has 1 heterocycles. The van der Waals surface area contributed by atoms with Crippen LogP contribution < -0.4 is 4.74 Å². The van der Waals surface area contributed by atoms with Crippen LogP contribution >= 0.6 is 0 Å². The first-order valence-corrected chi connectivity index (χ1v) is 4.90. The number of hydrogen-bond donors (Lipinski definition) is 1. The number of aromatic nitrogens is 3. The first-order chi connectivity index (χ1) is 8.26. The summed E-state index contributed by atoms with van der Waals surface area (Å²) in [6.07, 6.45) is 0. The van der Waals surface area contributed by atoms with Crippen LogP contribution in [0.1, 0.15) is 10.5 Å². The van der Waals surface area contributed by atoms with Crippen molar-refractivity contribution in [3.05, 3.63) is 30.0 Å². The van der Waals surface area contributed by atoms with Gasteiger partial charge in [-0.1, -0.05) is 17.3 Å². The van der Waals surface area contributed by atoms with Crippen molar-refractivity contribution in [1.82, 2.24) is 15.4 Å². The van der Waals surface area contributed by atoms with Gasteiger partial charge in [0.25, 0.3) is 0 Å². The molecule has 1 aromatic heterocycles. The van der Waals surface area contributed by atoms with E-state index in [0.717, 1.165) is 5.56 Å². The van der Waals surface area contributed by atoms with Crippen LogP contribution in [0.5, 0.6) is 5.75 Å². The number of esters is 1. The van der Waals surface area contributed by atoms with Crippen LogP contribution in [-0.4, -0.2) is 35.6 Å². The zero-order valence-corrected chi connectivity index (χ0v) is 9.43. The van der Waals surface area contributed by atoms with E-state index < -0.39 is 5.97 Å². The summed E-state index contributed by atoms with van der Waals surface area (Å²) in [6, 6.07) is 7.20. The number of rotatable bonds is 3. The maximum absolute atomic E-state index is 11.5. The highest BCUT2D eigenvalue weighted by Crippen LogP contribution is 2.24. The smallest absolute Gasteiger partial charge is 0.358 e. The van der Waals surface area contributed by atoms with E-state index in [4.69, 9.17) is 4.74 Å². The molecule has 0 spiro atoms. The van der Waals surface area contributed by atoms with E-state index in [2.05, 4.69) is 20.1 Å². The van der Waals surface area contributed by atoms with Gasteiger partial charge in [-0.3, -0.25) is 5.10 Å². The highest BCUT2D eigenvalue weighted by molar-refractivity contribution is 5.93. The third kappa shape index (κ3) is 2.10. The molecule has 6 nitrogen and oxygen atoms in total. The van der Waals surface area contributed by atoms with Crippen LogP contribution in [0.15, 0.2) is 24.3 Å². The molecule has 0 atom stereocenters. The van der Waals surface area contributed by atoms with Crippen molar-refractivity contribution in [2.24, 2.45) is 0 Å². The molecule has 0 fully saturated rings. The van der Waals surface area contributed by atoms with Crippen LogP contribution in [-0.2, 0) is 4.74 Å². The average molecular weight is 233 g/mol. The number of nitrogens with one attached hydrogen (secondary N) is 1. The summed E-state index contributed by atoms with van der Waals surface area (Å²) >= 11 is 0. The van der Waals surface area contributed by atoms with Gasteiger partial charge < -0.3 is 9.47 Å². The Hall–Kier alpha value is -2.37. The van der Waals surface area contributed by atoms with Crippen molar-refractivity contribution < 1.29 is 14.3 Å². The predicted molar refractivity (Wildman–Crippen MR) is 59.7 cm³/mol. The normalized spacial score (nSPS) is 10.0. The first-order valence-electron chi connectivity index (χ1n) is 4.90. The molecule has 0 saturated heterocycles. The standard InChI is InChI=1S/C11H11N3O3/c1-16-8-5-3-4-7(6-8)9-10(11(15)17-2)13-14-12-9/h3-6H,1-2H3,(H,12,13,14). The van der Waals surface area contributed by atoms with Gasteiger partial charge in [-0.05, 0) is 12.1 Å². The second-order valence-corrected chi connectivity index (χ2v) is 3.26. The molecular weight excluding hydrogens is 222 g/mol. The summed E-state index contributed by atoms with van der Waals surface area (Å²) in [5.41, 5.74) is 1.40. The number of ether oxygens (including phenoxy) is 2. The third-order valence-corrected chi connectivity index (χ3v) is 2.28. The molecule has 0 amide bonds. The predicted octanol–water partition coefficient (Wildman–Crippen LogP) is 1.27. The van der Waals surface area contributed by atoms with Gasteiger partial charge in [0.05, 0.1) is 14.2 Å². The van der Waals surface area contributed by atoms with E-state index in [-0.39, 0.29) is 5.69 Å². The fourth-order valence-electron chi connectivity index (χ4n) is 1.44. The molecule has 88 valence electrons. The molecule has 0 unspecified atom stereocenters. The van der Waals surface area contributed by atoms with E-state index in [1.165, 1.54) is 7.11 Å². The minimum absolute atomic E-state index is 0.223. The van der Waals surface area contributed by atoms with E-state index in [9.17, 15) is 4.79 Å². The number of aromatic amines is 1. The van der Waals surface area contributed by atoms with Crippen molar-refractivity contribution >= 4 is 5.97 Å². The molecule has 6 heteroatoms. The van der Waals surface area contributed by atoms with Gasteiger partial charge in [0.15, 0.2) is 5.69 Å². The summed E-state index contributed by atoms with van der Waals surface area (Å²) < 4.78 is 9.74. The summed E-state index contributed by atoms with van der Waals surface area (Å²) in [4.78, 5) is 11.5. The summed E-state index contributed by atoms with van der Waals surface area (Å²) in [6.45, 7) is 0. The largest absolute Gasteiger partial charge is 0.497 e. The van der Waals surface area contributed by atoms with Crippen molar-refractivity contribution in [3.8, 4) is 17.0 Å². The molecule has 0 saturated carbocycles. The van der Waals surface area contributed by atoms with E-state index in [1.54, 1.807) is 19.2 Å². The SMILES string of the molecule is COC(=O)c1[nH]nnc1-c1cccc(OC)c1. The summed E-state index contributed by atoms with van der Waals surface area (Å²) in [5.74, 6) is 0.175. The number of methoxy groups -OCH3 is 2. The maximum atomic E-state index is 11.5. The summed E-state index contributed by atoms with van der Waals surface area (Å²) in [5, 5.41) is 9.99. The molecule has 0 aliphatic rings. The van der Waals surface area contributed by atoms with Crippen molar-refractivity contribution in [2.75, 3.05) is 14.2 Å². The van der Waals surface area contributed by atoms with Gasteiger partial charge in [0, 0.05) is 5.56 Å². The Balaban J connectivity index is 2.45. The molecule has 1 N–H and O–H groups in total. The quantitative estimate of drug-likeness (QED) is 0.808. The minimum Gasteiger partial charge on any atom is -0.497 e. The fourth-order valence-corrected chi connectivity index (χ4v) is 1.44. The molecule has 17 heavy (non-hydrogen) atoms. The molecule has 2 aromatic rings. The van der Waals surface area contributed by atoms with E-state index >= 15 is 0 Å². The zero-order chi connectivity index (χ0) is 12.3. The first kappa shape index (κ1) is 11.1. The third-order valence-electron chi connectivity index (χ3n) is 2.28. The Kier molecular flexibility index (Phi) is 3.04. The van der Waals surface area contributed by atoms with Crippen LogP contribution in [0, 0.1) is 0 Å². The number of nitrogens with zero attached hydrogens (tertiary/aromatic N) is 2. The lowest BCUT2D eigenvalue weighted by atomic mass is 10.1. The van der Waals surface area contributed by atoms with Crippen molar-refractivity contribution in [1.29, 1.82) is 0 Å². The number of carbonyl (C=O) groups is 1. The van der Waals surface area contributed by atoms with Gasteiger partial charge in [0.1, 0.15) is 11.4 Å². The van der Waals surface area contributed by atoms with Gasteiger partial charge in [-0.25, -0.2) is 4.79 Å². The Bertz CT molecular complexity index is 536. The topological polar surface area (TPSA) is 77.1 Å². The van der Waals surface area contributed by atoms with Gasteiger partial charge in [0.2, 0.25) is 0 Å². The van der Waals surface area contributed by atoms with Crippen molar-refractivity contribution in [3.63, 3.8) is 0 Å². The summed E-state index contributed by atoms with van der Waals surface area (Å²) in [7, 11) is 2.88. The molecule has 0 radical (unpaired) electrons. The Morgan fingerprint density at radius 3 is 2.88 bits per heavy atom. The molecule has 2 rings (SSSR count). The maximum Gasteiger partial charge on any atom is 0.358 e. The minimum atomic E-state index is -0.507. The van der Waals surface area contributed by atoms with Crippen LogP contribution in [0.4, 0.5) is 0 Å². The Labute approximate surface area is 97.6 Å².